The normalized spacial score (nSPS) is 19.1. The number of nitrogens with one attached hydrogen (secondary N) is 1. The number of hydrogen-bond acceptors (Lipinski definition) is 4. The quantitative estimate of drug-likeness (QED) is 0.911. The van der Waals surface area contributed by atoms with Crippen LogP contribution in [0.1, 0.15) is 45.3 Å². The highest BCUT2D eigenvalue weighted by atomic mass is 32.2. The maximum atomic E-state index is 12.6. The van der Waals surface area contributed by atoms with Crippen molar-refractivity contribution in [1.29, 1.82) is 0 Å². The molecular formula is C18H23N3O3S. The summed E-state index contributed by atoms with van der Waals surface area (Å²) in [6.45, 7) is 7.79. The van der Waals surface area contributed by atoms with Gasteiger partial charge in [0.05, 0.1) is 17.5 Å². The minimum absolute atomic E-state index is 0.0900. The van der Waals surface area contributed by atoms with Crippen LogP contribution in [0, 0.1) is 27.7 Å². The predicted molar refractivity (Wildman–Crippen MR) is 97.9 cm³/mol. The van der Waals surface area contributed by atoms with E-state index in [4.69, 9.17) is 0 Å². The summed E-state index contributed by atoms with van der Waals surface area (Å²) in [6.07, 6.45) is 0.544. The largest absolute Gasteiger partial charge is 0.320 e. The molecule has 1 aromatic carbocycles. The Bertz CT molecular complexity index is 921. The maximum Gasteiger partial charge on any atom is 0.276 e. The third kappa shape index (κ3) is 3.61. The second-order valence-electron chi connectivity index (χ2n) is 6.90. The van der Waals surface area contributed by atoms with E-state index in [1.165, 1.54) is 0 Å². The lowest BCUT2D eigenvalue weighted by molar-refractivity contribution is 0.102. The topological polar surface area (TPSA) is 81.1 Å². The van der Waals surface area contributed by atoms with E-state index in [0.717, 1.165) is 28.1 Å². The average molecular weight is 361 g/mol. The van der Waals surface area contributed by atoms with Gasteiger partial charge in [-0.3, -0.25) is 9.48 Å². The number of aryl methyl sites for hydroxylation is 4. The van der Waals surface area contributed by atoms with Gasteiger partial charge in [-0.15, -0.1) is 0 Å². The van der Waals surface area contributed by atoms with Crippen LogP contribution in [-0.2, 0) is 9.84 Å². The number of benzene rings is 1. The van der Waals surface area contributed by atoms with Crippen molar-refractivity contribution in [2.75, 3.05) is 16.8 Å². The summed E-state index contributed by atoms with van der Waals surface area (Å²) in [6, 6.07) is 5.57. The Morgan fingerprint density at radius 2 is 1.80 bits per heavy atom. The van der Waals surface area contributed by atoms with Crippen LogP contribution in [0.25, 0.3) is 0 Å². The van der Waals surface area contributed by atoms with Crippen molar-refractivity contribution >= 4 is 21.4 Å². The van der Waals surface area contributed by atoms with Gasteiger partial charge in [0.25, 0.3) is 5.91 Å². The molecule has 0 radical (unpaired) electrons. The third-order valence-electron chi connectivity index (χ3n) is 4.62. The first-order chi connectivity index (χ1) is 11.7. The molecule has 0 aliphatic carbocycles. The Morgan fingerprint density at radius 1 is 1.16 bits per heavy atom. The number of nitrogens with zero attached hydrogens (tertiary/aromatic N) is 2. The lowest BCUT2D eigenvalue weighted by Crippen LogP contribution is -2.17. The molecule has 1 aliphatic heterocycles. The number of sulfone groups is 1. The number of carbonyl (C=O) groups excluding carboxylic acids is 1. The Morgan fingerprint density at radius 3 is 2.36 bits per heavy atom. The number of rotatable bonds is 3. The molecule has 0 spiro atoms. The van der Waals surface area contributed by atoms with Crippen molar-refractivity contribution in [2.45, 2.75) is 40.2 Å². The molecule has 1 N–H and O–H groups in total. The summed E-state index contributed by atoms with van der Waals surface area (Å²) in [5.41, 5.74) is 5.06. The van der Waals surface area contributed by atoms with E-state index in [1.807, 2.05) is 39.8 Å². The zero-order valence-corrected chi connectivity index (χ0v) is 15.8. The zero-order chi connectivity index (χ0) is 18.4. The molecule has 1 amide bonds. The summed E-state index contributed by atoms with van der Waals surface area (Å²) < 4.78 is 25.1. The van der Waals surface area contributed by atoms with Crippen LogP contribution in [0.2, 0.25) is 0 Å². The van der Waals surface area contributed by atoms with Gasteiger partial charge in [0.2, 0.25) is 0 Å². The fourth-order valence-electron chi connectivity index (χ4n) is 3.49. The Hall–Kier alpha value is -2.15. The minimum Gasteiger partial charge on any atom is -0.320 e. The van der Waals surface area contributed by atoms with Crippen LogP contribution in [0.5, 0.6) is 0 Å². The fourth-order valence-corrected chi connectivity index (χ4v) is 5.18. The first kappa shape index (κ1) is 17.7. The number of hydrogen-bond donors (Lipinski definition) is 1. The average Bonchev–Trinajstić information content (AvgIpc) is 3.05. The van der Waals surface area contributed by atoms with Gasteiger partial charge < -0.3 is 5.32 Å². The van der Waals surface area contributed by atoms with Gasteiger partial charge in [-0.25, -0.2) is 8.42 Å². The molecule has 1 aromatic heterocycles. The van der Waals surface area contributed by atoms with E-state index in [-0.39, 0.29) is 23.5 Å². The van der Waals surface area contributed by atoms with Crippen molar-refractivity contribution < 1.29 is 13.2 Å². The summed E-state index contributed by atoms with van der Waals surface area (Å²) in [5.74, 6) is -0.00901. The molecular weight excluding hydrogens is 338 g/mol. The fraction of sp³-hybridized carbons (Fsp3) is 0.444. The predicted octanol–water partition coefficient (Wildman–Crippen LogP) is 2.73. The summed E-state index contributed by atoms with van der Waals surface area (Å²) in [7, 11) is -3.00. The van der Waals surface area contributed by atoms with Crippen LogP contribution in [0.15, 0.2) is 18.2 Å². The Kier molecular flexibility index (Phi) is 4.45. The van der Waals surface area contributed by atoms with Crippen molar-refractivity contribution in [3.63, 3.8) is 0 Å². The van der Waals surface area contributed by atoms with E-state index in [2.05, 4.69) is 10.4 Å². The van der Waals surface area contributed by atoms with Crippen LogP contribution >= 0.6 is 0 Å². The van der Waals surface area contributed by atoms with Crippen molar-refractivity contribution in [3.05, 3.63) is 46.3 Å². The standard InChI is InChI=1S/C18H23N3O3S/c1-11-7-12(2)17(13(3)8-11)19-18(22)16-9-14(4)21(20-16)15-5-6-25(23,24)10-15/h7-9,15H,5-6,10H2,1-4H3,(H,19,22). The smallest absolute Gasteiger partial charge is 0.276 e. The Balaban J connectivity index is 1.84. The molecule has 134 valence electrons. The molecule has 1 fully saturated rings. The minimum atomic E-state index is -3.00. The van der Waals surface area contributed by atoms with Gasteiger partial charge in [-0.05, 0) is 51.3 Å². The first-order valence-corrected chi connectivity index (χ1v) is 10.1. The van der Waals surface area contributed by atoms with Crippen LogP contribution in [0.4, 0.5) is 5.69 Å². The van der Waals surface area contributed by atoms with Gasteiger partial charge in [0.15, 0.2) is 15.5 Å². The highest BCUT2D eigenvalue weighted by Gasteiger charge is 2.31. The van der Waals surface area contributed by atoms with E-state index < -0.39 is 9.84 Å². The highest BCUT2D eigenvalue weighted by molar-refractivity contribution is 7.91. The molecule has 1 atom stereocenters. The molecule has 0 bridgehead atoms. The molecule has 25 heavy (non-hydrogen) atoms. The summed E-state index contributed by atoms with van der Waals surface area (Å²) >= 11 is 0. The molecule has 0 saturated carbocycles. The van der Waals surface area contributed by atoms with Gasteiger partial charge in [-0.2, -0.15) is 5.10 Å². The van der Waals surface area contributed by atoms with Crippen molar-refractivity contribution in [3.8, 4) is 0 Å². The molecule has 2 heterocycles. The van der Waals surface area contributed by atoms with Crippen LogP contribution in [-0.4, -0.2) is 35.6 Å². The SMILES string of the molecule is Cc1cc(C)c(NC(=O)c2cc(C)n(C3CCS(=O)(=O)C3)n2)c(C)c1. The lowest BCUT2D eigenvalue weighted by atomic mass is 10.1. The molecule has 2 aromatic rings. The van der Waals surface area contributed by atoms with E-state index >= 15 is 0 Å². The molecule has 6 nitrogen and oxygen atoms in total. The third-order valence-corrected chi connectivity index (χ3v) is 6.38. The van der Waals surface area contributed by atoms with E-state index in [9.17, 15) is 13.2 Å². The highest BCUT2D eigenvalue weighted by Crippen LogP contribution is 2.26. The second-order valence-corrected chi connectivity index (χ2v) is 9.13. The van der Waals surface area contributed by atoms with Gasteiger partial charge in [-0.1, -0.05) is 17.7 Å². The lowest BCUT2D eigenvalue weighted by Gasteiger charge is -2.12. The number of aromatic nitrogens is 2. The van der Waals surface area contributed by atoms with Crippen LogP contribution in [0.3, 0.4) is 0 Å². The van der Waals surface area contributed by atoms with Crippen LogP contribution < -0.4 is 5.32 Å². The molecule has 1 saturated heterocycles. The number of anilines is 1. The molecule has 1 aliphatic rings. The second kappa shape index (κ2) is 6.29. The zero-order valence-electron chi connectivity index (χ0n) is 15.0. The van der Waals surface area contributed by atoms with Gasteiger partial charge in [0.1, 0.15) is 0 Å². The first-order valence-electron chi connectivity index (χ1n) is 8.32. The number of amides is 1. The number of carbonyl (C=O) groups is 1. The molecule has 1 unspecified atom stereocenters. The van der Waals surface area contributed by atoms with Gasteiger partial charge in [0, 0.05) is 11.4 Å². The Labute approximate surface area is 148 Å². The van der Waals surface area contributed by atoms with E-state index in [1.54, 1.807) is 10.7 Å². The summed E-state index contributed by atoms with van der Waals surface area (Å²) in [4.78, 5) is 12.6. The van der Waals surface area contributed by atoms with Gasteiger partial charge >= 0.3 is 0 Å². The van der Waals surface area contributed by atoms with Crippen molar-refractivity contribution in [2.24, 2.45) is 0 Å². The maximum absolute atomic E-state index is 12.6. The summed E-state index contributed by atoms with van der Waals surface area (Å²) in [5, 5.41) is 7.31. The molecule has 7 heteroatoms. The monoisotopic (exact) mass is 361 g/mol. The molecule has 3 rings (SSSR count). The van der Waals surface area contributed by atoms with E-state index in [0.29, 0.717) is 12.1 Å². The van der Waals surface area contributed by atoms with Crippen molar-refractivity contribution in [1.82, 2.24) is 9.78 Å².